The maximum Gasteiger partial charge on any atom is 0.247 e. The van der Waals surface area contributed by atoms with Crippen LogP contribution in [0.3, 0.4) is 0 Å². The molecule has 3 N–H and O–H groups in total. The Bertz CT molecular complexity index is 844. The van der Waals surface area contributed by atoms with Gasteiger partial charge < -0.3 is 4.90 Å². The van der Waals surface area contributed by atoms with E-state index in [9.17, 15) is 13.2 Å². The Labute approximate surface area is 158 Å². The van der Waals surface area contributed by atoms with Crippen molar-refractivity contribution in [1.82, 2.24) is 10.2 Å². The minimum Gasteiger partial charge on any atom is -0.341 e. The molecule has 1 fully saturated rings. The Kier molecular flexibility index (Phi) is 6.08. The summed E-state index contributed by atoms with van der Waals surface area (Å²) in [6.07, 6.45) is 3.24. The summed E-state index contributed by atoms with van der Waals surface area (Å²) in [4.78, 5) is 15.8. The lowest BCUT2D eigenvalue weighted by Crippen LogP contribution is -2.43. The van der Waals surface area contributed by atoms with E-state index in [1.165, 1.54) is 12.5 Å². The van der Waals surface area contributed by atoms with E-state index in [0.29, 0.717) is 6.54 Å². The minimum absolute atomic E-state index is 0.0686. The lowest BCUT2D eigenvalue weighted by atomic mass is 10.0. The van der Waals surface area contributed by atoms with Crippen LogP contribution in [0.1, 0.15) is 35.7 Å². The van der Waals surface area contributed by atoms with Gasteiger partial charge in [-0.3, -0.25) is 10.1 Å². The van der Waals surface area contributed by atoms with Gasteiger partial charge in [-0.2, -0.15) is 0 Å². The summed E-state index contributed by atoms with van der Waals surface area (Å²) in [7, 11) is -3.69. The highest BCUT2D eigenvalue weighted by atomic mass is 32.2. The number of hydrogen-bond acceptors (Lipinski definition) is 5. The third-order valence-corrected chi connectivity index (χ3v) is 6.97. The van der Waals surface area contributed by atoms with Crippen LogP contribution in [0.15, 0.2) is 46.7 Å². The molecule has 2 heterocycles. The fourth-order valence-electron chi connectivity index (χ4n) is 3.10. The number of primary sulfonamides is 1. The fraction of sp³-hybridized carbons (Fsp3) is 0.389. The van der Waals surface area contributed by atoms with Crippen molar-refractivity contribution < 1.29 is 13.2 Å². The van der Waals surface area contributed by atoms with E-state index in [1.807, 2.05) is 35.2 Å². The van der Waals surface area contributed by atoms with Crippen molar-refractivity contribution in [3.8, 4) is 0 Å². The average molecular weight is 394 g/mol. The number of thiophene rings is 1. The number of nitrogens with two attached hydrogens (primary N) is 1. The number of hydrogen-bond donors (Lipinski definition) is 2. The summed E-state index contributed by atoms with van der Waals surface area (Å²) >= 11 is 1.12. The molecule has 0 spiro atoms. The lowest BCUT2D eigenvalue weighted by Gasteiger charge is -2.31. The number of benzene rings is 1. The first-order valence-electron chi connectivity index (χ1n) is 8.64. The minimum atomic E-state index is -3.69. The number of likely N-dealkylation sites (tertiary alicyclic amines) is 1. The summed E-state index contributed by atoms with van der Waals surface area (Å²) in [5.41, 5.74) is 0.909. The molecular formula is C18H23N3O3S2. The van der Waals surface area contributed by atoms with Crippen molar-refractivity contribution in [2.24, 2.45) is 5.14 Å². The molecule has 1 aliphatic rings. The smallest absolute Gasteiger partial charge is 0.247 e. The third-order valence-electron chi connectivity index (χ3n) is 4.45. The zero-order valence-corrected chi connectivity index (χ0v) is 16.1. The number of piperidine rings is 1. The predicted octanol–water partition coefficient (Wildman–Crippen LogP) is 2.24. The molecular weight excluding hydrogens is 370 g/mol. The first kappa shape index (κ1) is 19.0. The fourth-order valence-corrected chi connectivity index (χ4v) is 4.83. The monoisotopic (exact) mass is 393 g/mol. The van der Waals surface area contributed by atoms with Crippen molar-refractivity contribution in [2.75, 3.05) is 13.1 Å². The van der Waals surface area contributed by atoms with Gasteiger partial charge in [0.1, 0.15) is 10.3 Å². The van der Waals surface area contributed by atoms with E-state index in [0.717, 1.165) is 47.7 Å². The third kappa shape index (κ3) is 4.70. The molecule has 140 valence electrons. The summed E-state index contributed by atoms with van der Waals surface area (Å²) in [6.45, 7) is 1.98. The number of carbonyl (C=O) groups excluding carboxylic acids is 1. The molecule has 0 saturated carbocycles. The highest BCUT2D eigenvalue weighted by Gasteiger charge is 2.26. The van der Waals surface area contributed by atoms with Crippen molar-refractivity contribution in [1.29, 1.82) is 0 Å². The molecule has 2 aromatic rings. The molecule has 3 rings (SSSR count). The van der Waals surface area contributed by atoms with Gasteiger partial charge in [0.2, 0.25) is 15.9 Å². The molecule has 0 bridgehead atoms. The van der Waals surface area contributed by atoms with Gasteiger partial charge in [-0.25, -0.2) is 13.6 Å². The van der Waals surface area contributed by atoms with E-state index in [2.05, 4.69) is 5.32 Å². The molecule has 6 nitrogen and oxygen atoms in total. The second kappa shape index (κ2) is 8.30. The van der Waals surface area contributed by atoms with Crippen LogP contribution in [0.2, 0.25) is 0 Å². The topological polar surface area (TPSA) is 92.5 Å². The Morgan fingerprint density at radius 2 is 1.81 bits per heavy atom. The van der Waals surface area contributed by atoms with Crippen molar-refractivity contribution in [3.63, 3.8) is 0 Å². The number of sulfonamides is 1. The first-order valence-corrected chi connectivity index (χ1v) is 11.0. The predicted molar refractivity (Wildman–Crippen MR) is 102 cm³/mol. The molecule has 1 aliphatic heterocycles. The van der Waals surface area contributed by atoms with E-state index >= 15 is 0 Å². The normalized spacial score (nSPS) is 16.4. The molecule has 26 heavy (non-hydrogen) atoms. The molecule has 1 aromatic carbocycles. The van der Waals surface area contributed by atoms with Gasteiger partial charge in [-0.1, -0.05) is 30.3 Å². The molecule has 0 unspecified atom stereocenters. The van der Waals surface area contributed by atoms with Gasteiger partial charge in [0.25, 0.3) is 0 Å². The summed E-state index contributed by atoms with van der Waals surface area (Å²) in [5.74, 6) is 0.0686. The van der Waals surface area contributed by atoms with Gasteiger partial charge in [-0.05, 0) is 37.0 Å². The second-order valence-electron chi connectivity index (χ2n) is 6.38. The quantitative estimate of drug-likeness (QED) is 0.787. The van der Waals surface area contributed by atoms with Crippen molar-refractivity contribution in [3.05, 3.63) is 52.9 Å². The van der Waals surface area contributed by atoms with Crippen LogP contribution in [0.25, 0.3) is 0 Å². The van der Waals surface area contributed by atoms with Gasteiger partial charge in [0, 0.05) is 24.5 Å². The number of nitrogens with zero attached hydrogens (tertiary/aromatic N) is 1. The number of carbonyl (C=O) groups is 1. The van der Waals surface area contributed by atoms with E-state index in [1.54, 1.807) is 6.07 Å². The molecule has 1 saturated heterocycles. The molecule has 1 atom stereocenters. The maximum atomic E-state index is 13.0. The SMILES string of the molecule is NS(=O)(=O)c1ccc(CN[C@H](C(=O)N2CCCCC2)c2ccccc2)s1. The highest BCUT2D eigenvalue weighted by Crippen LogP contribution is 2.23. The van der Waals surface area contributed by atoms with Crippen LogP contribution in [0.4, 0.5) is 0 Å². The standard InChI is InChI=1S/C18H23N3O3S2/c19-26(23,24)16-10-9-15(25-16)13-20-17(14-7-3-1-4-8-14)18(22)21-11-5-2-6-12-21/h1,3-4,7-10,17,20H,2,5-6,11-13H2,(H2,19,23,24)/t17-/m0/s1. The van der Waals surface area contributed by atoms with Crippen LogP contribution in [-0.4, -0.2) is 32.3 Å². The Hall–Kier alpha value is -1.74. The molecule has 0 aliphatic carbocycles. The van der Waals surface area contributed by atoms with E-state index in [-0.39, 0.29) is 10.1 Å². The van der Waals surface area contributed by atoms with Crippen LogP contribution < -0.4 is 10.5 Å². The zero-order chi connectivity index (χ0) is 18.6. The maximum absolute atomic E-state index is 13.0. The number of nitrogens with one attached hydrogen (secondary N) is 1. The van der Waals surface area contributed by atoms with Crippen LogP contribution in [-0.2, 0) is 21.4 Å². The second-order valence-corrected chi connectivity index (χ2v) is 9.33. The Morgan fingerprint density at radius 3 is 2.42 bits per heavy atom. The van der Waals surface area contributed by atoms with E-state index in [4.69, 9.17) is 5.14 Å². The molecule has 0 radical (unpaired) electrons. The largest absolute Gasteiger partial charge is 0.341 e. The molecule has 1 amide bonds. The van der Waals surface area contributed by atoms with Gasteiger partial charge in [0.05, 0.1) is 0 Å². The first-order chi connectivity index (χ1) is 12.4. The zero-order valence-electron chi connectivity index (χ0n) is 14.4. The summed E-state index contributed by atoms with van der Waals surface area (Å²) in [6, 6.07) is 12.4. The van der Waals surface area contributed by atoms with Crippen LogP contribution in [0, 0.1) is 0 Å². The van der Waals surface area contributed by atoms with Gasteiger partial charge in [0.15, 0.2) is 0 Å². The Balaban J connectivity index is 1.75. The number of amides is 1. The van der Waals surface area contributed by atoms with Gasteiger partial charge in [-0.15, -0.1) is 11.3 Å². The van der Waals surface area contributed by atoms with Crippen LogP contribution in [0.5, 0.6) is 0 Å². The molecule has 8 heteroatoms. The van der Waals surface area contributed by atoms with E-state index < -0.39 is 16.1 Å². The number of rotatable bonds is 6. The lowest BCUT2D eigenvalue weighted by molar-refractivity contribution is -0.134. The summed E-state index contributed by atoms with van der Waals surface area (Å²) in [5, 5.41) is 8.46. The van der Waals surface area contributed by atoms with Crippen LogP contribution >= 0.6 is 11.3 Å². The molecule has 1 aromatic heterocycles. The van der Waals surface area contributed by atoms with Crippen molar-refractivity contribution in [2.45, 2.75) is 36.1 Å². The summed E-state index contributed by atoms with van der Waals surface area (Å²) < 4.78 is 23.0. The Morgan fingerprint density at radius 1 is 1.12 bits per heavy atom. The average Bonchev–Trinajstić information content (AvgIpc) is 3.13. The highest BCUT2D eigenvalue weighted by molar-refractivity contribution is 7.91. The van der Waals surface area contributed by atoms with Crippen molar-refractivity contribution >= 4 is 27.3 Å². The van der Waals surface area contributed by atoms with Gasteiger partial charge >= 0.3 is 0 Å².